The van der Waals surface area contributed by atoms with Gasteiger partial charge in [-0.3, -0.25) is 0 Å². The third-order valence-electron chi connectivity index (χ3n) is 28.2. The van der Waals surface area contributed by atoms with Gasteiger partial charge in [-0.15, -0.1) is 51.4 Å². The quantitative estimate of drug-likeness (QED) is 0.0689. The van der Waals surface area contributed by atoms with Crippen molar-refractivity contribution in [1.29, 1.82) is 0 Å². The lowest BCUT2D eigenvalue weighted by Gasteiger charge is -2.32. The topological polar surface area (TPSA) is 18.5 Å². The Morgan fingerprint density at radius 3 is 0.866 bits per heavy atom. The lowest BCUT2D eigenvalue weighted by Crippen LogP contribution is -2.41. The Morgan fingerprint density at radius 2 is 0.479 bits per heavy atom. The minimum absolute atomic E-state index is 0.520. The van der Waals surface area contributed by atoms with Crippen molar-refractivity contribution in [2.24, 2.45) is 0 Å². The highest BCUT2D eigenvalue weighted by Crippen LogP contribution is 2.52. The van der Waals surface area contributed by atoms with Crippen LogP contribution in [0.5, 0.6) is 0 Å². The molecule has 1 fully saturated rings. The van der Waals surface area contributed by atoms with E-state index < -0.39 is 18.3 Å². The van der Waals surface area contributed by atoms with Crippen LogP contribution in [0.4, 0.5) is 0 Å². The fraction of sp³-hybridized carbons (Fsp3) is 0.0435. The standard InChI is InChI=1S/C66H38.C40H25Br.C32H25BO2/c1-5-43-22-18-32-53(51(43)7-3)49-36-37-58(55-33-19-23-44(6-2)52(55)8-4)64(42-49)48-25-17-24-47(41-48)54-38-39-63(57-27-12-11-26-56(54)57)66-61-30-15-13-28-59(61)65(60-29-14-16-31-62(60)66)50-35-34-45-20-9-10-21-46(45)40-50;41-30-13-9-12-28(25-30)31-22-23-38(33-15-4-3-14-32(31)33)40-36-18-7-5-16-34(36)39(35-17-6-8-19-37(35)40)29-21-20-26-10-1-2-11-27(26)24-29;1-9-22-15-13-17-27(25(22)11-3)24-19-20-29(28-18-14-16-23(10-2)26(28)12-4)30(21-24)33-34-31(5,6)32(7,8)35-33/h1-4,9-42H;1-25H;1-4,13-21H,5-8H3. The summed E-state index contributed by atoms with van der Waals surface area (Å²) in [4.78, 5) is 0. The molecule has 1 heterocycles. The van der Waals surface area contributed by atoms with Crippen LogP contribution in [0.1, 0.15) is 72.2 Å². The molecule has 22 aromatic carbocycles. The maximum absolute atomic E-state index is 6.45. The van der Waals surface area contributed by atoms with Gasteiger partial charge >= 0.3 is 7.12 Å². The molecular weight excluding hydrogens is 1780 g/mol. The summed E-state index contributed by atoms with van der Waals surface area (Å²) in [7, 11) is -0.625. The zero-order chi connectivity index (χ0) is 97.4. The van der Waals surface area contributed by atoms with E-state index in [0.717, 1.165) is 82.1 Å². The molecule has 0 atom stereocenters. The van der Waals surface area contributed by atoms with Crippen molar-refractivity contribution in [2.45, 2.75) is 38.9 Å². The highest BCUT2D eigenvalue weighted by Gasteiger charge is 2.52. The van der Waals surface area contributed by atoms with Crippen molar-refractivity contribution in [3.63, 3.8) is 0 Å². The fourth-order valence-electron chi connectivity index (χ4n) is 20.8. The molecule has 0 aliphatic carbocycles. The van der Waals surface area contributed by atoms with Crippen LogP contribution in [0.3, 0.4) is 0 Å². The highest BCUT2D eigenvalue weighted by molar-refractivity contribution is 9.10. The predicted octanol–water partition coefficient (Wildman–Crippen LogP) is 33.5. The van der Waals surface area contributed by atoms with E-state index in [0.29, 0.717) is 44.5 Å². The van der Waals surface area contributed by atoms with Crippen LogP contribution in [-0.4, -0.2) is 18.3 Å². The maximum atomic E-state index is 6.45. The molecular formula is C138H88BBrO2. The number of hydrogen-bond donors (Lipinski definition) is 0. The number of fused-ring (bicyclic) bond motifs is 8. The molecule has 22 aromatic rings. The monoisotopic (exact) mass is 1870 g/mol. The molecule has 4 heteroatoms. The molecule has 0 bridgehead atoms. The van der Waals surface area contributed by atoms with Gasteiger partial charge in [-0.2, -0.15) is 0 Å². The van der Waals surface area contributed by atoms with Crippen LogP contribution in [0, 0.1) is 98.8 Å². The number of rotatable bonds is 12. The van der Waals surface area contributed by atoms with Gasteiger partial charge in [0.15, 0.2) is 0 Å². The number of hydrogen-bond acceptors (Lipinski definition) is 2. The summed E-state index contributed by atoms with van der Waals surface area (Å²) in [5, 5.41) is 19.8. The van der Waals surface area contributed by atoms with Gasteiger partial charge in [-0.1, -0.05) is 415 Å². The van der Waals surface area contributed by atoms with Crippen LogP contribution in [0.2, 0.25) is 0 Å². The van der Waals surface area contributed by atoms with E-state index in [1.54, 1.807) is 0 Å². The van der Waals surface area contributed by atoms with Gasteiger partial charge in [-0.25, -0.2) is 0 Å². The molecule has 0 saturated carbocycles. The average molecular weight is 1870 g/mol. The second kappa shape index (κ2) is 38.1. The van der Waals surface area contributed by atoms with Gasteiger partial charge in [0.25, 0.3) is 0 Å². The minimum Gasteiger partial charge on any atom is -0.399 e. The van der Waals surface area contributed by atoms with Crippen LogP contribution in [-0.2, 0) is 9.31 Å². The predicted molar refractivity (Wildman–Crippen MR) is 606 cm³/mol. The number of benzene rings is 22. The first kappa shape index (κ1) is 90.3. The molecule has 1 saturated heterocycles. The van der Waals surface area contributed by atoms with E-state index in [4.69, 9.17) is 60.7 Å². The molecule has 0 amide bonds. The van der Waals surface area contributed by atoms with E-state index in [2.05, 4.69) is 385 Å². The summed E-state index contributed by atoms with van der Waals surface area (Å²) >= 11 is 3.67. The van der Waals surface area contributed by atoms with Crippen molar-refractivity contribution in [1.82, 2.24) is 0 Å². The summed E-state index contributed by atoms with van der Waals surface area (Å²) < 4.78 is 14.0. The van der Waals surface area contributed by atoms with E-state index in [1.807, 2.05) is 119 Å². The average Bonchev–Trinajstić information content (AvgIpc) is 0.880. The molecule has 2 nitrogen and oxygen atoms in total. The zero-order valence-electron chi connectivity index (χ0n) is 78.7. The summed E-state index contributed by atoms with van der Waals surface area (Å²) in [6.07, 6.45) is 47.4. The second-order valence-corrected chi connectivity index (χ2v) is 37.4. The Hall–Kier alpha value is -18.1. The first-order valence-corrected chi connectivity index (χ1v) is 48.0. The smallest absolute Gasteiger partial charge is 0.399 e. The molecule has 0 radical (unpaired) electrons. The summed E-state index contributed by atoms with van der Waals surface area (Å²) in [6.45, 7) is 8.09. The molecule has 23 rings (SSSR count). The molecule has 0 N–H and O–H groups in total. The Labute approximate surface area is 839 Å². The third kappa shape index (κ3) is 16.3. The lowest BCUT2D eigenvalue weighted by molar-refractivity contribution is 0.00578. The van der Waals surface area contributed by atoms with Crippen molar-refractivity contribution in [3.05, 3.63) is 461 Å². The van der Waals surface area contributed by atoms with Crippen LogP contribution in [0.15, 0.2) is 417 Å². The van der Waals surface area contributed by atoms with E-state index in [9.17, 15) is 0 Å². The van der Waals surface area contributed by atoms with E-state index >= 15 is 0 Å². The first-order valence-electron chi connectivity index (χ1n) is 47.2. The zero-order valence-corrected chi connectivity index (χ0v) is 80.2. The number of halogens is 1. The van der Waals surface area contributed by atoms with Gasteiger partial charge in [-0.05, 0) is 302 Å². The normalized spacial score (nSPS) is 12.2. The second-order valence-electron chi connectivity index (χ2n) is 36.5. The third-order valence-corrected chi connectivity index (χ3v) is 28.7. The summed E-state index contributed by atoms with van der Waals surface area (Å²) in [6, 6.07) is 146. The van der Waals surface area contributed by atoms with Gasteiger partial charge in [0.1, 0.15) is 0 Å². The lowest BCUT2D eigenvalue weighted by atomic mass is 9.72. The van der Waals surface area contributed by atoms with Crippen LogP contribution in [0.25, 0.3) is 209 Å². The molecule has 1 aliphatic heterocycles. The van der Waals surface area contributed by atoms with Crippen LogP contribution < -0.4 is 5.46 Å². The first-order chi connectivity index (χ1) is 69.5. The molecule has 0 unspecified atom stereocenters. The van der Waals surface area contributed by atoms with Crippen molar-refractivity contribution in [2.75, 3.05) is 0 Å². The Morgan fingerprint density at radius 1 is 0.197 bits per heavy atom. The molecule has 0 aromatic heterocycles. The van der Waals surface area contributed by atoms with Crippen molar-refractivity contribution < 1.29 is 9.31 Å². The largest absolute Gasteiger partial charge is 0.495 e. The van der Waals surface area contributed by atoms with Gasteiger partial charge in [0, 0.05) is 49.0 Å². The summed E-state index contributed by atoms with van der Waals surface area (Å²) in [5.74, 6) is 22.2. The molecule has 1 aliphatic rings. The molecule has 662 valence electrons. The van der Waals surface area contributed by atoms with Gasteiger partial charge in [0.2, 0.25) is 0 Å². The van der Waals surface area contributed by atoms with Gasteiger partial charge in [0.05, 0.1) is 11.2 Å². The number of terminal acetylenes is 8. The summed E-state index contributed by atoms with van der Waals surface area (Å²) in [5.41, 5.74) is 28.9. The van der Waals surface area contributed by atoms with Crippen molar-refractivity contribution in [3.8, 4) is 221 Å². The minimum atomic E-state index is -0.625. The fourth-order valence-corrected chi connectivity index (χ4v) is 21.2. The Bertz CT molecular complexity index is 9250. The Kier molecular flexibility index (Phi) is 24.2. The highest BCUT2D eigenvalue weighted by atomic mass is 79.9. The van der Waals surface area contributed by atoms with Crippen LogP contribution >= 0.6 is 15.9 Å². The van der Waals surface area contributed by atoms with Gasteiger partial charge < -0.3 is 9.31 Å². The Balaban J connectivity index is 0.000000135. The van der Waals surface area contributed by atoms with E-state index in [-0.39, 0.29) is 0 Å². The van der Waals surface area contributed by atoms with E-state index in [1.165, 1.54) is 136 Å². The molecule has 0 spiro atoms. The maximum Gasteiger partial charge on any atom is 0.495 e. The molecule has 142 heavy (non-hydrogen) atoms. The van der Waals surface area contributed by atoms with Crippen molar-refractivity contribution >= 4 is 115 Å². The SMILES string of the molecule is Brc1cccc(-c2ccc(-c3c4ccccc4c(-c4ccc5ccccc5c4)c4ccccc34)c3ccccc23)c1.C#Cc1cccc(-c2ccc(-c3cccc(C#C)c3C#C)c(-c3cccc(-c4ccc(-c5c6ccccc6c(-c6ccc7ccccc7c6)c6ccccc56)c5ccccc45)c3)c2)c1C#C.C#Cc1cccc(-c2ccc(-c3cccc(C#C)c3C#C)c(B3OC(C)(C)C(C)(C)O3)c2)c1C#C.